The van der Waals surface area contributed by atoms with Gasteiger partial charge in [-0.15, -0.1) is 0 Å². The first-order valence-electron chi connectivity index (χ1n) is 5.38. The number of benzene rings is 2. The van der Waals surface area contributed by atoms with Crippen LogP contribution < -0.4 is 4.74 Å². The number of aldehydes is 1. The first-order valence-corrected chi connectivity index (χ1v) is 6.17. The van der Waals surface area contributed by atoms with Crippen molar-refractivity contribution < 1.29 is 18.8 Å². The molecule has 2 aromatic rings. The van der Waals surface area contributed by atoms with Crippen LogP contribution >= 0.6 is 15.9 Å². The molecule has 0 aliphatic rings. The topological polar surface area (TPSA) is 69.4 Å². The monoisotopic (exact) mass is 339 g/mol. The minimum atomic E-state index is -0.979. The number of hydrogen-bond acceptors (Lipinski definition) is 4. The van der Waals surface area contributed by atoms with E-state index >= 15 is 0 Å². The summed E-state index contributed by atoms with van der Waals surface area (Å²) in [7, 11) is 0. The number of nitro benzene ring substituents is 1. The summed E-state index contributed by atoms with van der Waals surface area (Å²) in [4.78, 5) is 20.3. The largest absolute Gasteiger partial charge is 0.456 e. The van der Waals surface area contributed by atoms with Crippen molar-refractivity contribution in [3.8, 4) is 11.5 Å². The van der Waals surface area contributed by atoms with E-state index in [1.54, 1.807) is 6.07 Å². The highest BCUT2D eigenvalue weighted by molar-refractivity contribution is 9.10. The van der Waals surface area contributed by atoms with E-state index in [4.69, 9.17) is 4.74 Å². The number of carbonyl (C=O) groups excluding carboxylic acids is 1. The first-order chi connectivity index (χ1) is 9.51. The van der Waals surface area contributed by atoms with Gasteiger partial charge in [0, 0.05) is 17.7 Å². The molecule has 0 aliphatic heterocycles. The molecule has 0 unspecified atom stereocenters. The van der Waals surface area contributed by atoms with Crippen molar-refractivity contribution >= 4 is 27.9 Å². The van der Waals surface area contributed by atoms with Gasteiger partial charge in [0.25, 0.3) is 0 Å². The van der Waals surface area contributed by atoms with Gasteiger partial charge in [0.15, 0.2) is 0 Å². The second-order valence-corrected chi connectivity index (χ2v) is 4.63. The predicted octanol–water partition coefficient (Wildman–Crippen LogP) is 4.10. The van der Waals surface area contributed by atoms with Crippen molar-refractivity contribution in [2.24, 2.45) is 0 Å². The van der Waals surface area contributed by atoms with Crippen molar-refractivity contribution in [1.82, 2.24) is 0 Å². The van der Waals surface area contributed by atoms with Crippen LogP contribution in [0.4, 0.5) is 10.1 Å². The van der Waals surface area contributed by atoms with Gasteiger partial charge in [-0.2, -0.15) is 4.39 Å². The van der Waals surface area contributed by atoms with E-state index in [-0.39, 0.29) is 5.75 Å². The third-order valence-electron chi connectivity index (χ3n) is 2.44. The summed E-state index contributed by atoms with van der Waals surface area (Å²) in [5.41, 5.74) is -0.160. The first kappa shape index (κ1) is 14.1. The van der Waals surface area contributed by atoms with Gasteiger partial charge in [-0.25, -0.2) is 0 Å². The molecular weight excluding hydrogens is 333 g/mol. The molecule has 20 heavy (non-hydrogen) atoms. The number of hydrogen-bond donors (Lipinski definition) is 0. The summed E-state index contributed by atoms with van der Waals surface area (Å²) in [5.74, 6) is -0.496. The molecule has 2 rings (SSSR count). The van der Waals surface area contributed by atoms with Crippen LogP contribution in [-0.2, 0) is 0 Å². The van der Waals surface area contributed by atoms with Crippen LogP contribution in [0.2, 0.25) is 0 Å². The molecule has 0 heterocycles. The van der Waals surface area contributed by atoms with Crippen molar-refractivity contribution in [1.29, 1.82) is 0 Å². The molecule has 0 saturated heterocycles. The quantitative estimate of drug-likeness (QED) is 0.477. The Kier molecular flexibility index (Phi) is 4.09. The lowest BCUT2D eigenvalue weighted by atomic mass is 10.2. The minimum absolute atomic E-state index is 0.118. The molecule has 0 saturated carbocycles. The van der Waals surface area contributed by atoms with Gasteiger partial charge in [-0.1, -0.05) is 0 Å². The maximum absolute atomic E-state index is 13.4. The molecule has 0 bridgehead atoms. The van der Waals surface area contributed by atoms with Gasteiger partial charge >= 0.3 is 5.69 Å². The fourth-order valence-electron chi connectivity index (χ4n) is 1.50. The zero-order valence-electron chi connectivity index (χ0n) is 9.88. The van der Waals surface area contributed by atoms with Gasteiger partial charge in [0.05, 0.1) is 9.40 Å². The van der Waals surface area contributed by atoms with E-state index in [0.29, 0.717) is 22.1 Å². The molecule has 0 fully saturated rings. The van der Waals surface area contributed by atoms with Gasteiger partial charge in [0.1, 0.15) is 17.8 Å². The van der Waals surface area contributed by atoms with Crippen molar-refractivity contribution in [3.63, 3.8) is 0 Å². The second-order valence-electron chi connectivity index (χ2n) is 3.78. The zero-order chi connectivity index (χ0) is 14.7. The highest BCUT2D eigenvalue weighted by Gasteiger charge is 2.15. The van der Waals surface area contributed by atoms with E-state index in [9.17, 15) is 19.3 Å². The molecule has 0 N–H and O–H groups in total. The molecule has 0 aromatic heterocycles. The molecule has 0 radical (unpaired) electrons. The van der Waals surface area contributed by atoms with Crippen LogP contribution in [0.5, 0.6) is 11.5 Å². The standard InChI is InChI=1S/C13H7BrFNO4/c14-10-5-8(7-17)1-4-13(10)20-9-2-3-12(16(18)19)11(15)6-9/h1-7H. The highest BCUT2D eigenvalue weighted by atomic mass is 79.9. The number of halogens is 2. The summed E-state index contributed by atoms with van der Waals surface area (Å²) in [6, 6.07) is 7.86. The average molecular weight is 340 g/mol. The molecule has 0 spiro atoms. The Balaban J connectivity index is 2.28. The Labute approximate surface area is 121 Å². The maximum Gasteiger partial charge on any atom is 0.305 e. The molecule has 0 amide bonds. The second kappa shape index (κ2) is 5.79. The fraction of sp³-hybridized carbons (Fsp3) is 0. The molecule has 7 heteroatoms. The van der Waals surface area contributed by atoms with E-state index in [1.807, 2.05) is 0 Å². The fourth-order valence-corrected chi connectivity index (χ4v) is 1.98. The summed E-state index contributed by atoms with van der Waals surface area (Å²) >= 11 is 3.22. The lowest BCUT2D eigenvalue weighted by Crippen LogP contribution is -1.93. The highest BCUT2D eigenvalue weighted by Crippen LogP contribution is 2.32. The Bertz CT molecular complexity index is 690. The summed E-state index contributed by atoms with van der Waals surface area (Å²) in [6.07, 6.45) is 0.681. The Morgan fingerprint density at radius 3 is 2.55 bits per heavy atom. The van der Waals surface area contributed by atoms with Gasteiger partial charge in [-0.3, -0.25) is 14.9 Å². The maximum atomic E-state index is 13.4. The minimum Gasteiger partial charge on any atom is -0.456 e. The molecule has 102 valence electrons. The van der Waals surface area contributed by atoms with Gasteiger partial charge in [-0.05, 0) is 40.2 Å². The predicted molar refractivity (Wildman–Crippen MR) is 72.7 cm³/mol. The van der Waals surface area contributed by atoms with Crippen molar-refractivity contribution in [2.45, 2.75) is 0 Å². The third-order valence-corrected chi connectivity index (χ3v) is 3.06. The van der Waals surface area contributed by atoms with E-state index < -0.39 is 16.4 Å². The van der Waals surface area contributed by atoms with Gasteiger partial charge < -0.3 is 4.74 Å². The normalized spacial score (nSPS) is 10.1. The molecule has 0 aliphatic carbocycles. The third kappa shape index (κ3) is 3.00. The van der Waals surface area contributed by atoms with Crippen molar-refractivity contribution in [3.05, 3.63) is 62.4 Å². The zero-order valence-corrected chi connectivity index (χ0v) is 11.5. The molecule has 5 nitrogen and oxygen atoms in total. The SMILES string of the molecule is O=Cc1ccc(Oc2ccc([N+](=O)[O-])c(F)c2)c(Br)c1. The van der Waals surface area contributed by atoms with Crippen molar-refractivity contribution in [2.75, 3.05) is 0 Å². The molecule has 0 atom stereocenters. The number of rotatable bonds is 4. The van der Waals surface area contributed by atoms with Gasteiger partial charge in [0.2, 0.25) is 5.82 Å². The van der Waals surface area contributed by atoms with E-state index in [1.165, 1.54) is 18.2 Å². The summed E-state index contributed by atoms with van der Waals surface area (Å²) in [5, 5.41) is 10.5. The average Bonchev–Trinajstić information content (AvgIpc) is 2.40. The Morgan fingerprint density at radius 2 is 2.00 bits per heavy atom. The van der Waals surface area contributed by atoms with Crippen LogP contribution in [0.25, 0.3) is 0 Å². The van der Waals surface area contributed by atoms with E-state index in [0.717, 1.165) is 12.1 Å². The Morgan fingerprint density at radius 1 is 1.25 bits per heavy atom. The van der Waals surface area contributed by atoms with Crippen LogP contribution in [0.3, 0.4) is 0 Å². The summed E-state index contributed by atoms with van der Waals surface area (Å²) < 4.78 is 19.4. The lowest BCUT2D eigenvalue weighted by molar-refractivity contribution is -0.387. The van der Waals surface area contributed by atoms with Crippen LogP contribution in [0.1, 0.15) is 10.4 Å². The smallest absolute Gasteiger partial charge is 0.305 e. The number of carbonyl (C=O) groups is 1. The van der Waals surface area contributed by atoms with E-state index in [2.05, 4.69) is 15.9 Å². The number of ether oxygens (including phenoxy) is 1. The molecular formula is C13H7BrFNO4. The molecule has 2 aromatic carbocycles. The van der Waals surface area contributed by atoms with Crippen LogP contribution in [0.15, 0.2) is 40.9 Å². The number of nitrogens with zero attached hydrogens (tertiary/aromatic N) is 1. The van der Waals surface area contributed by atoms with Crippen LogP contribution in [0, 0.1) is 15.9 Å². The Hall–Kier alpha value is -2.28. The number of nitro groups is 1. The summed E-state index contributed by atoms with van der Waals surface area (Å²) in [6.45, 7) is 0. The van der Waals surface area contributed by atoms with Crippen LogP contribution in [-0.4, -0.2) is 11.2 Å². The lowest BCUT2D eigenvalue weighted by Gasteiger charge is -2.08.